The predicted molar refractivity (Wildman–Crippen MR) is 91.8 cm³/mol. The fourth-order valence-corrected chi connectivity index (χ4v) is 2.74. The van der Waals surface area contributed by atoms with Gasteiger partial charge in [-0.15, -0.1) is 0 Å². The van der Waals surface area contributed by atoms with Crippen LogP contribution in [0.5, 0.6) is 0 Å². The molecule has 0 bridgehead atoms. The summed E-state index contributed by atoms with van der Waals surface area (Å²) in [6.07, 6.45) is 6.22. The lowest BCUT2D eigenvalue weighted by atomic mass is 10.0. The second-order valence-electron chi connectivity index (χ2n) is 5.94. The van der Waals surface area contributed by atoms with Crippen LogP contribution in [0.15, 0.2) is 36.7 Å². The quantitative estimate of drug-likeness (QED) is 0.941. The lowest BCUT2D eigenvalue weighted by molar-refractivity contribution is 0.0984. The number of para-hydroxylation sites is 1. The zero-order chi connectivity index (χ0) is 16.2. The Morgan fingerprint density at radius 2 is 2.04 bits per heavy atom. The Labute approximate surface area is 136 Å². The Balaban J connectivity index is 1.79. The van der Waals surface area contributed by atoms with Crippen LogP contribution in [0.4, 0.5) is 11.6 Å². The minimum atomic E-state index is -0.0350. The summed E-state index contributed by atoms with van der Waals surface area (Å²) in [7, 11) is 0. The van der Waals surface area contributed by atoms with E-state index in [1.165, 1.54) is 5.56 Å². The van der Waals surface area contributed by atoms with Gasteiger partial charge in [0.25, 0.3) is 5.91 Å². The molecule has 0 aliphatic carbocycles. The molecule has 0 spiro atoms. The van der Waals surface area contributed by atoms with Crippen LogP contribution in [0.25, 0.3) is 0 Å². The summed E-state index contributed by atoms with van der Waals surface area (Å²) in [5.74, 6) is 0.530. The molecule has 2 heterocycles. The maximum absolute atomic E-state index is 12.8. The van der Waals surface area contributed by atoms with Gasteiger partial charge in [-0.3, -0.25) is 4.79 Å². The van der Waals surface area contributed by atoms with Crippen LogP contribution in [0.3, 0.4) is 0 Å². The van der Waals surface area contributed by atoms with Crippen LogP contribution in [0.1, 0.15) is 42.6 Å². The summed E-state index contributed by atoms with van der Waals surface area (Å²) in [6, 6.07) is 8.40. The number of aromatic nitrogens is 2. The fraction of sp³-hybridized carbons (Fsp3) is 0.389. The largest absolute Gasteiger partial charge is 0.352 e. The van der Waals surface area contributed by atoms with Crippen LogP contribution in [0.2, 0.25) is 0 Å². The van der Waals surface area contributed by atoms with Gasteiger partial charge in [0.15, 0.2) is 0 Å². The zero-order valence-corrected chi connectivity index (χ0v) is 13.6. The van der Waals surface area contributed by atoms with Crippen LogP contribution in [-0.4, -0.2) is 28.5 Å². The van der Waals surface area contributed by atoms with Crippen molar-refractivity contribution in [1.29, 1.82) is 0 Å². The molecule has 0 saturated heterocycles. The van der Waals surface area contributed by atoms with E-state index >= 15 is 0 Å². The van der Waals surface area contributed by atoms with E-state index in [9.17, 15) is 4.79 Å². The van der Waals surface area contributed by atoms with Gasteiger partial charge in [0.05, 0.1) is 5.56 Å². The van der Waals surface area contributed by atoms with Crippen molar-refractivity contribution < 1.29 is 4.79 Å². The Morgan fingerprint density at radius 3 is 2.78 bits per heavy atom. The first-order valence-corrected chi connectivity index (χ1v) is 8.17. The second kappa shape index (κ2) is 6.77. The number of benzene rings is 1. The molecular weight excluding hydrogens is 288 g/mol. The molecular formula is C18H22N4O. The Hall–Kier alpha value is -2.43. The van der Waals surface area contributed by atoms with Gasteiger partial charge in [0.2, 0.25) is 5.95 Å². The van der Waals surface area contributed by atoms with Crippen molar-refractivity contribution in [2.24, 2.45) is 0 Å². The number of nitrogens with one attached hydrogen (secondary N) is 1. The molecule has 23 heavy (non-hydrogen) atoms. The van der Waals surface area contributed by atoms with Gasteiger partial charge < -0.3 is 10.2 Å². The number of nitrogens with zero attached hydrogens (tertiary/aromatic N) is 3. The maximum atomic E-state index is 12.8. The van der Waals surface area contributed by atoms with Crippen LogP contribution in [-0.2, 0) is 6.42 Å². The van der Waals surface area contributed by atoms with Gasteiger partial charge in [-0.25, -0.2) is 9.97 Å². The highest BCUT2D eigenvalue weighted by atomic mass is 16.2. The zero-order valence-electron chi connectivity index (χ0n) is 13.6. The van der Waals surface area contributed by atoms with Gasteiger partial charge in [0, 0.05) is 30.7 Å². The van der Waals surface area contributed by atoms with Gasteiger partial charge in [-0.1, -0.05) is 25.1 Å². The minimum Gasteiger partial charge on any atom is -0.352 e. The molecule has 1 aromatic carbocycles. The highest BCUT2D eigenvalue weighted by molar-refractivity contribution is 6.06. The lowest BCUT2D eigenvalue weighted by Gasteiger charge is -2.29. The van der Waals surface area contributed by atoms with E-state index < -0.39 is 0 Å². The van der Waals surface area contributed by atoms with E-state index in [4.69, 9.17) is 0 Å². The van der Waals surface area contributed by atoms with Crippen molar-refractivity contribution >= 4 is 17.5 Å². The first-order chi connectivity index (χ1) is 11.2. The molecule has 1 aromatic heterocycles. The summed E-state index contributed by atoms with van der Waals surface area (Å²) >= 11 is 0. The summed E-state index contributed by atoms with van der Waals surface area (Å²) in [5.41, 5.74) is 2.75. The molecule has 1 unspecified atom stereocenters. The van der Waals surface area contributed by atoms with E-state index in [0.717, 1.165) is 31.5 Å². The third-order valence-corrected chi connectivity index (χ3v) is 4.24. The van der Waals surface area contributed by atoms with E-state index in [2.05, 4.69) is 35.2 Å². The van der Waals surface area contributed by atoms with Gasteiger partial charge in [-0.05, 0) is 37.8 Å². The van der Waals surface area contributed by atoms with Crippen LogP contribution < -0.4 is 10.2 Å². The molecule has 5 heteroatoms. The summed E-state index contributed by atoms with van der Waals surface area (Å²) < 4.78 is 0. The normalized spacial score (nSPS) is 15.0. The Bertz CT molecular complexity index is 684. The van der Waals surface area contributed by atoms with E-state index in [0.29, 0.717) is 17.6 Å². The number of hydrogen-bond donors (Lipinski definition) is 1. The molecule has 1 atom stereocenters. The number of carbonyl (C=O) groups is 1. The standard InChI is InChI=1S/C18H22N4O/c1-3-13(2)21-18-19-11-15(12-20-18)17(23)22-10-6-8-14-7-4-5-9-16(14)22/h4-5,7,9,11-13H,3,6,8,10H2,1-2H3,(H,19,20,21). The second-order valence-corrected chi connectivity index (χ2v) is 5.94. The number of hydrogen-bond acceptors (Lipinski definition) is 4. The van der Waals surface area contributed by atoms with Gasteiger partial charge >= 0.3 is 0 Å². The SMILES string of the molecule is CCC(C)Nc1ncc(C(=O)N2CCCc3ccccc32)cn1. The third kappa shape index (κ3) is 3.33. The van der Waals surface area contributed by atoms with Crippen molar-refractivity contribution in [3.05, 3.63) is 47.8 Å². The number of carbonyl (C=O) groups excluding carboxylic acids is 1. The average Bonchev–Trinajstić information content (AvgIpc) is 2.61. The summed E-state index contributed by atoms with van der Waals surface area (Å²) in [4.78, 5) is 23.1. The first kappa shape index (κ1) is 15.5. The molecule has 1 N–H and O–H groups in total. The number of anilines is 2. The molecule has 0 saturated carbocycles. The van der Waals surface area contributed by atoms with E-state index in [1.807, 2.05) is 23.1 Å². The number of aryl methyl sites for hydroxylation is 1. The van der Waals surface area contributed by atoms with Gasteiger partial charge in [0.1, 0.15) is 0 Å². The average molecular weight is 310 g/mol. The third-order valence-electron chi connectivity index (χ3n) is 4.24. The topological polar surface area (TPSA) is 58.1 Å². The highest BCUT2D eigenvalue weighted by Gasteiger charge is 2.23. The van der Waals surface area contributed by atoms with Crippen LogP contribution >= 0.6 is 0 Å². The summed E-state index contributed by atoms with van der Waals surface area (Å²) in [5, 5.41) is 3.21. The molecule has 3 rings (SSSR count). The molecule has 5 nitrogen and oxygen atoms in total. The molecule has 0 radical (unpaired) electrons. The predicted octanol–water partition coefficient (Wildman–Crippen LogP) is 3.28. The Morgan fingerprint density at radius 1 is 1.30 bits per heavy atom. The molecule has 1 amide bonds. The summed E-state index contributed by atoms with van der Waals surface area (Å²) in [6.45, 7) is 4.92. The number of fused-ring (bicyclic) bond motifs is 1. The monoisotopic (exact) mass is 310 g/mol. The molecule has 1 aliphatic rings. The first-order valence-electron chi connectivity index (χ1n) is 8.17. The fourth-order valence-electron chi connectivity index (χ4n) is 2.74. The van der Waals surface area contributed by atoms with Gasteiger partial charge in [-0.2, -0.15) is 0 Å². The molecule has 0 fully saturated rings. The number of rotatable bonds is 4. The van der Waals surface area contributed by atoms with Crippen molar-refractivity contribution in [2.75, 3.05) is 16.8 Å². The lowest BCUT2D eigenvalue weighted by Crippen LogP contribution is -2.35. The maximum Gasteiger partial charge on any atom is 0.261 e. The van der Waals surface area contributed by atoms with Crippen molar-refractivity contribution in [3.63, 3.8) is 0 Å². The number of amides is 1. The van der Waals surface area contributed by atoms with E-state index in [1.54, 1.807) is 12.4 Å². The van der Waals surface area contributed by atoms with E-state index in [-0.39, 0.29) is 5.91 Å². The van der Waals surface area contributed by atoms with Crippen molar-refractivity contribution in [3.8, 4) is 0 Å². The smallest absolute Gasteiger partial charge is 0.261 e. The Kier molecular flexibility index (Phi) is 4.55. The van der Waals surface area contributed by atoms with Crippen LogP contribution in [0, 0.1) is 0 Å². The minimum absolute atomic E-state index is 0.0350. The molecule has 120 valence electrons. The molecule has 1 aliphatic heterocycles. The van der Waals surface area contributed by atoms with Crippen molar-refractivity contribution in [2.45, 2.75) is 39.2 Å². The molecule has 2 aromatic rings. The van der Waals surface area contributed by atoms with Crippen molar-refractivity contribution in [1.82, 2.24) is 9.97 Å². The highest BCUT2D eigenvalue weighted by Crippen LogP contribution is 2.27.